The highest BCUT2D eigenvalue weighted by Crippen LogP contribution is 2.10. The standard InChI is InChI=1S/C21H38N6O7/c1-5-11(4)17(21(33)34)27-19(31)13(6-7-15(23)28)25-20(32)14(9-16(24)29)26-18(30)12(22)8-10(2)3/h10-14,17H,5-9,22H2,1-4H3,(H2,23,28)(H2,24,29)(H,25,32)(H,26,30)(H,27,31)(H,33,34). The Balaban J connectivity index is 5.64. The number of carboxylic acid groups (broad SMARTS) is 1. The number of nitrogens with two attached hydrogens (primary N) is 3. The summed E-state index contributed by atoms with van der Waals surface area (Å²) in [7, 11) is 0. The summed E-state index contributed by atoms with van der Waals surface area (Å²) in [5.74, 6) is -5.69. The first-order valence-corrected chi connectivity index (χ1v) is 11.2. The second-order valence-electron chi connectivity index (χ2n) is 8.74. The van der Waals surface area contributed by atoms with E-state index in [9.17, 15) is 33.9 Å². The number of rotatable bonds is 16. The Morgan fingerprint density at radius 1 is 0.824 bits per heavy atom. The highest BCUT2D eigenvalue weighted by molar-refractivity contribution is 5.96. The zero-order valence-electron chi connectivity index (χ0n) is 20.1. The van der Waals surface area contributed by atoms with Gasteiger partial charge in [0.1, 0.15) is 18.1 Å². The largest absolute Gasteiger partial charge is 0.480 e. The lowest BCUT2D eigenvalue weighted by molar-refractivity contribution is -0.144. The Labute approximate surface area is 198 Å². The Morgan fingerprint density at radius 3 is 1.79 bits per heavy atom. The number of amides is 5. The normalized spacial score (nSPS) is 15.4. The SMILES string of the molecule is CCC(C)C(NC(=O)C(CCC(N)=O)NC(=O)C(CC(N)=O)NC(=O)C(N)CC(C)C)C(=O)O. The number of aliphatic carboxylic acids is 1. The van der Waals surface area contributed by atoms with Gasteiger partial charge in [0.25, 0.3) is 0 Å². The Bertz CT molecular complexity index is 758. The maximum Gasteiger partial charge on any atom is 0.326 e. The van der Waals surface area contributed by atoms with Gasteiger partial charge in [-0.25, -0.2) is 4.79 Å². The average Bonchev–Trinajstić information content (AvgIpc) is 2.72. The summed E-state index contributed by atoms with van der Waals surface area (Å²) in [5, 5.41) is 16.5. The third-order valence-electron chi connectivity index (χ3n) is 5.19. The van der Waals surface area contributed by atoms with Crippen LogP contribution in [0.2, 0.25) is 0 Å². The molecule has 0 spiro atoms. The minimum Gasteiger partial charge on any atom is -0.480 e. The van der Waals surface area contributed by atoms with Gasteiger partial charge in [0.15, 0.2) is 0 Å². The molecule has 0 aliphatic rings. The van der Waals surface area contributed by atoms with E-state index in [0.717, 1.165) is 0 Å². The molecule has 5 atom stereocenters. The first kappa shape index (κ1) is 30.8. The molecule has 13 nitrogen and oxygen atoms in total. The number of hydrogen-bond acceptors (Lipinski definition) is 7. The van der Waals surface area contributed by atoms with Crippen LogP contribution in [0, 0.1) is 11.8 Å². The molecule has 194 valence electrons. The molecule has 34 heavy (non-hydrogen) atoms. The van der Waals surface area contributed by atoms with Gasteiger partial charge >= 0.3 is 5.97 Å². The number of carboxylic acids is 1. The van der Waals surface area contributed by atoms with Gasteiger partial charge in [-0.05, 0) is 24.7 Å². The highest BCUT2D eigenvalue weighted by atomic mass is 16.4. The van der Waals surface area contributed by atoms with Gasteiger partial charge in [-0.1, -0.05) is 34.1 Å². The molecule has 0 aromatic rings. The predicted molar refractivity (Wildman–Crippen MR) is 123 cm³/mol. The first-order chi connectivity index (χ1) is 15.7. The van der Waals surface area contributed by atoms with Crippen LogP contribution in [0.25, 0.3) is 0 Å². The van der Waals surface area contributed by atoms with E-state index in [1.165, 1.54) is 0 Å². The monoisotopic (exact) mass is 486 g/mol. The van der Waals surface area contributed by atoms with Crippen LogP contribution in [0.3, 0.4) is 0 Å². The third kappa shape index (κ3) is 11.6. The molecule has 0 heterocycles. The minimum absolute atomic E-state index is 0.0961. The van der Waals surface area contributed by atoms with Crippen LogP contribution in [0.15, 0.2) is 0 Å². The molecule has 5 unspecified atom stereocenters. The van der Waals surface area contributed by atoms with E-state index < -0.39 is 72.0 Å². The van der Waals surface area contributed by atoms with Crippen molar-refractivity contribution in [3.05, 3.63) is 0 Å². The molecular formula is C21H38N6O7. The van der Waals surface area contributed by atoms with Crippen LogP contribution in [0.5, 0.6) is 0 Å². The molecular weight excluding hydrogens is 448 g/mol. The number of primary amides is 2. The zero-order valence-corrected chi connectivity index (χ0v) is 20.1. The quantitative estimate of drug-likeness (QED) is 0.129. The molecule has 10 N–H and O–H groups in total. The van der Waals surface area contributed by atoms with Crippen molar-refractivity contribution in [1.29, 1.82) is 0 Å². The molecule has 0 saturated heterocycles. The Hall–Kier alpha value is -3.22. The number of carbonyl (C=O) groups is 6. The van der Waals surface area contributed by atoms with Gasteiger partial charge in [-0.15, -0.1) is 0 Å². The predicted octanol–water partition coefficient (Wildman–Crippen LogP) is -1.91. The van der Waals surface area contributed by atoms with E-state index in [-0.39, 0.29) is 18.8 Å². The van der Waals surface area contributed by atoms with Gasteiger partial charge in [-0.3, -0.25) is 24.0 Å². The maximum atomic E-state index is 12.8. The Kier molecular flexibility index (Phi) is 13.4. The van der Waals surface area contributed by atoms with Gasteiger partial charge < -0.3 is 38.3 Å². The van der Waals surface area contributed by atoms with Crippen molar-refractivity contribution in [2.24, 2.45) is 29.0 Å². The topological polar surface area (TPSA) is 237 Å². The summed E-state index contributed by atoms with van der Waals surface area (Å²) < 4.78 is 0. The fourth-order valence-corrected chi connectivity index (χ4v) is 3.07. The van der Waals surface area contributed by atoms with Gasteiger partial charge in [0.2, 0.25) is 29.5 Å². The lowest BCUT2D eigenvalue weighted by Gasteiger charge is -2.26. The molecule has 0 fully saturated rings. The van der Waals surface area contributed by atoms with E-state index in [1.807, 2.05) is 13.8 Å². The fourth-order valence-electron chi connectivity index (χ4n) is 3.07. The summed E-state index contributed by atoms with van der Waals surface area (Å²) in [6, 6.07) is -4.97. The van der Waals surface area contributed by atoms with Gasteiger partial charge in [0, 0.05) is 6.42 Å². The average molecular weight is 487 g/mol. The van der Waals surface area contributed by atoms with Crippen molar-refractivity contribution < 1.29 is 33.9 Å². The summed E-state index contributed by atoms with van der Waals surface area (Å²) in [4.78, 5) is 72.2. The van der Waals surface area contributed by atoms with Crippen LogP contribution < -0.4 is 33.2 Å². The van der Waals surface area contributed by atoms with Crippen LogP contribution in [0.4, 0.5) is 0 Å². The molecule has 0 aliphatic heterocycles. The second kappa shape index (κ2) is 14.8. The van der Waals surface area contributed by atoms with E-state index in [2.05, 4.69) is 16.0 Å². The van der Waals surface area contributed by atoms with Crippen molar-refractivity contribution in [2.45, 2.75) is 84.0 Å². The zero-order chi connectivity index (χ0) is 26.6. The van der Waals surface area contributed by atoms with E-state index >= 15 is 0 Å². The lowest BCUT2D eigenvalue weighted by Crippen LogP contribution is -2.58. The molecule has 13 heteroatoms. The van der Waals surface area contributed by atoms with Crippen LogP contribution in [0.1, 0.15) is 59.8 Å². The maximum absolute atomic E-state index is 12.8. The second-order valence-corrected chi connectivity index (χ2v) is 8.74. The molecule has 0 rings (SSSR count). The van der Waals surface area contributed by atoms with Crippen LogP contribution in [-0.2, 0) is 28.8 Å². The van der Waals surface area contributed by atoms with Crippen molar-refractivity contribution in [2.75, 3.05) is 0 Å². The summed E-state index contributed by atoms with van der Waals surface area (Å²) in [6.45, 7) is 7.09. The van der Waals surface area contributed by atoms with Gasteiger partial charge in [0.05, 0.1) is 12.5 Å². The molecule has 0 aromatic carbocycles. The van der Waals surface area contributed by atoms with Crippen LogP contribution in [-0.4, -0.2) is 64.8 Å². The Morgan fingerprint density at radius 2 is 1.35 bits per heavy atom. The van der Waals surface area contributed by atoms with Crippen molar-refractivity contribution in [1.82, 2.24) is 16.0 Å². The highest BCUT2D eigenvalue weighted by Gasteiger charge is 2.32. The van der Waals surface area contributed by atoms with E-state index in [1.54, 1.807) is 13.8 Å². The first-order valence-electron chi connectivity index (χ1n) is 11.2. The number of hydrogen-bond donors (Lipinski definition) is 7. The molecule has 0 radical (unpaired) electrons. The molecule has 0 aliphatic carbocycles. The van der Waals surface area contributed by atoms with Crippen LogP contribution >= 0.6 is 0 Å². The summed E-state index contributed by atoms with van der Waals surface area (Å²) in [6.07, 6.45) is -0.304. The minimum atomic E-state index is -1.43. The van der Waals surface area contributed by atoms with E-state index in [4.69, 9.17) is 17.2 Å². The third-order valence-corrected chi connectivity index (χ3v) is 5.19. The van der Waals surface area contributed by atoms with Crippen molar-refractivity contribution >= 4 is 35.5 Å². The van der Waals surface area contributed by atoms with E-state index in [0.29, 0.717) is 12.8 Å². The molecule has 5 amide bonds. The number of nitrogens with one attached hydrogen (secondary N) is 3. The molecule has 0 bridgehead atoms. The van der Waals surface area contributed by atoms with Crippen molar-refractivity contribution in [3.8, 4) is 0 Å². The molecule has 0 saturated carbocycles. The lowest BCUT2D eigenvalue weighted by atomic mass is 9.98. The van der Waals surface area contributed by atoms with Crippen molar-refractivity contribution in [3.63, 3.8) is 0 Å². The summed E-state index contributed by atoms with van der Waals surface area (Å²) >= 11 is 0. The summed E-state index contributed by atoms with van der Waals surface area (Å²) in [5.41, 5.74) is 16.2. The smallest absolute Gasteiger partial charge is 0.326 e. The molecule has 0 aromatic heterocycles. The fraction of sp³-hybridized carbons (Fsp3) is 0.714. The number of carbonyl (C=O) groups excluding carboxylic acids is 5. The van der Waals surface area contributed by atoms with Gasteiger partial charge in [-0.2, -0.15) is 0 Å².